The van der Waals surface area contributed by atoms with E-state index in [1.54, 1.807) is 0 Å². The Morgan fingerprint density at radius 3 is 2.67 bits per heavy atom. The number of hydrogen-bond donors (Lipinski definition) is 1. The normalized spacial score (nSPS) is 18.1. The number of halogens is 1. The molecular weight excluding hydrogens is 487 g/mol. The molecular formula is C20H31IN4S2. The highest BCUT2D eigenvalue weighted by Crippen LogP contribution is 2.20. The van der Waals surface area contributed by atoms with Gasteiger partial charge in [0.15, 0.2) is 5.96 Å². The molecule has 1 saturated heterocycles. The van der Waals surface area contributed by atoms with Crippen LogP contribution in [0.1, 0.15) is 22.6 Å². The molecule has 0 bridgehead atoms. The molecule has 4 nitrogen and oxygen atoms in total. The zero-order valence-corrected chi connectivity index (χ0v) is 20.2. The van der Waals surface area contributed by atoms with Gasteiger partial charge in [-0.2, -0.15) is 0 Å². The first kappa shape index (κ1) is 22.6. The summed E-state index contributed by atoms with van der Waals surface area (Å²) in [6.45, 7) is 5.51. The summed E-state index contributed by atoms with van der Waals surface area (Å²) >= 11 is 3.70. The van der Waals surface area contributed by atoms with Gasteiger partial charge in [-0.15, -0.1) is 46.7 Å². The lowest BCUT2D eigenvalue weighted by atomic mass is 9.98. The van der Waals surface area contributed by atoms with E-state index in [-0.39, 0.29) is 24.0 Å². The second-order valence-electron chi connectivity index (χ2n) is 7.00. The van der Waals surface area contributed by atoms with Gasteiger partial charge in [0.1, 0.15) is 0 Å². The second kappa shape index (κ2) is 12.0. The Hall–Kier alpha value is -0.640. The van der Waals surface area contributed by atoms with Gasteiger partial charge in [-0.25, -0.2) is 0 Å². The number of hydrogen-bond acceptors (Lipinski definition) is 4. The van der Waals surface area contributed by atoms with Gasteiger partial charge >= 0.3 is 0 Å². The van der Waals surface area contributed by atoms with Gasteiger partial charge in [-0.1, -0.05) is 12.1 Å². The molecule has 27 heavy (non-hydrogen) atoms. The minimum atomic E-state index is 0. The van der Waals surface area contributed by atoms with E-state index in [1.807, 2.05) is 29.7 Å². The van der Waals surface area contributed by atoms with E-state index < -0.39 is 0 Å². The molecule has 0 radical (unpaired) electrons. The molecule has 0 saturated carbocycles. The number of guanidine groups is 1. The molecule has 0 aromatic carbocycles. The predicted octanol–water partition coefficient (Wildman–Crippen LogP) is 4.39. The van der Waals surface area contributed by atoms with Crippen molar-refractivity contribution < 1.29 is 0 Å². The Bertz CT molecular complexity index is 658. The number of thiophene rings is 2. The van der Waals surface area contributed by atoms with Gasteiger partial charge in [0.25, 0.3) is 0 Å². The van der Waals surface area contributed by atoms with Gasteiger partial charge in [-0.3, -0.25) is 9.89 Å². The number of nitrogens with one attached hydrogen (secondary N) is 1. The Kier molecular flexibility index (Phi) is 10.1. The molecule has 0 aliphatic carbocycles. The maximum absolute atomic E-state index is 4.48. The largest absolute Gasteiger partial charge is 0.356 e. The minimum Gasteiger partial charge on any atom is -0.356 e. The summed E-state index contributed by atoms with van der Waals surface area (Å²) in [6, 6.07) is 8.73. The van der Waals surface area contributed by atoms with Crippen molar-refractivity contribution in [3.63, 3.8) is 0 Å². The fourth-order valence-corrected chi connectivity index (χ4v) is 4.99. The highest BCUT2D eigenvalue weighted by Gasteiger charge is 2.20. The van der Waals surface area contributed by atoms with Crippen molar-refractivity contribution in [3.05, 3.63) is 44.8 Å². The van der Waals surface area contributed by atoms with E-state index in [0.29, 0.717) is 5.92 Å². The lowest BCUT2D eigenvalue weighted by Crippen LogP contribution is -2.45. The zero-order valence-electron chi connectivity index (χ0n) is 16.3. The topological polar surface area (TPSA) is 30.9 Å². The fraction of sp³-hybridized carbons (Fsp3) is 0.550. The van der Waals surface area contributed by atoms with Gasteiger partial charge in [0.2, 0.25) is 0 Å². The summed E-state index contributed by atoms with van der Waals surface area (Å²) in [6.07, 6.45) is 3.68. The molecule has 1 atom stereocenters. The number of nitrogens with zero attached hydrogens (tertiary/aromatic N) is 3. The van der Waals surface area contributed by atoms with E-state index in [2.05, 4.69) is 62.2 Å². The molecule has 2 aromatic rings. The Morgan fingerprint density at radius 2 is 2.00 bits per heavy atom. The molecule has 3 rings (SSSR count). The van der Waals surface area contributed by atoms with Crippen molar-refractivity contribution in [1.29, 1.82) is 0 Å². The molecule has 1 aliphatic rings. The Labute approximate surface area is 188 Å². The highest BCUT2D eigenvalue weighted by molar-refractivity contribution is 14.0. The Morgan fingerprint density at radius 1 is 1.26 bits per heavy atom. The molecule has 1 unspecified atom stereocenters. The monoisotopic (exact) mass is 518 g/mol. The lowest BCUT2D eigenvalue weighted by molar-refractivity contribution is 0.169. The number of likely N-dealkylation sites (N-methyl/N-ethyl adjacent to an activating group) is 1. The first-order valence-corrected chi connectivity index (χ1v) is 11.2. The lowest BCUT2D eigenvalue weighted by Gasteiger charge is -2.33. The van der Waals surface area contributed by atoms with E-state index in [0.717, 1.165) is 32.0 Å². The first-order chi connectivity index (χ1) is 12.7. The standard InChI is InChI=1S/C20H30N4S2.HI/c1-21-20(23(2)11-9-18-7-4-12-25-18)22-14-17-6-3-10-24(15-17)16-19-8-5-13-26-19;/h4-5,7-8,12-13,17H,3,6,9-11,14-16H2,1-2H3,(H,21,22);1H. The molecule has 2 aromatic heterocycles. The average molecular weight is 519 g/mol. The SMILES string of the molecule is CN=C(NCC1CCCN(Cc2cccs2)C1)N(C)CCc1cccs1.I. The van der Waals surface area contributed by atoms with Crippen molar-refractivity contribution in [3.8, 4) is 0 Å². The first-order valence-electron chi connectivity index (χ1n) is 9.43. The number of likely N-dealkylation sites (tertiary alicyclic amines) is 1. The maximum Gasteiger partial charge on any atom is 0.193 e. The van der Waals surface area contributed by atoms with E-state index in [1.165, 1.54) is 35.7 Å². The summed E-state index contributed by atoms with van der Waals surface area (Å²) in [5, 5.41) is 7.92. The Balaban J connectivity index is 0.00000261. The average Bonchev–Trinajstić information content (AvgIpc) is 3.35. The summed E-state index contributed by atoms with van der Waals surface area (Å²) in [7, 11) is 4.01. The fourth-order valence-electron chi connectivity index (χ4n) is 3.54. The van der Waals surface area contributed by atoms with Gasteiger partial charge in [0.05, 0.1) is 0 Å². The molecule has 0 amide bonds. The van der Waals surface area contributed by atoms with Crippen LogP contribution in [0.4, 0.5) is 0 Å². The van der Waals surface area contributed by atoms with Crippen molar-refractivity contribution in [2.75, 3.05) is 40.3 Å². The van der Waals surface area contributed by atoms with Crippen LogP contribution in [0, 0.1) is 5.92 Å². The number of piperidine rings is 1. The molecule has 1 aliphatic heterocycles. The number of rotatable bonds is 7. The van der Waals surface area contributed by atoms with Gasteiger partial charge in [0, 0.05) is 50.0 Å². The molecule has 1 fully saturated rings. The van der Waals surface area contributed by atoms with Crippen LogP contribution in [-0.2, 0) is 13.0 Å². The summed E-state index contributed by atoms with van der Waals surface area (Å²) < 4.78 is 0. The maximum atomic E-state index is 4.48. The van der Waals surface area contributed by atoms with Crippen LogP contribution in [0.15, 0.2) is 40.0 Å². The molecule has 1 N–H and O–H groups in total. The molecule has 7 heteroatoms. The van der Waals surface area contributed by atoms with E-state index in [4.69, 9.17) is 0 Å². The third-order valence-electron chi connectivity index (χ3n) is 4.96. The van der Waals surface area contributed by atoms with Crippen LogP contribution < -0.4 is 5.32 Å². The third kappa shape index (κ3) is 7.36. The van der Waals surface area contributed by atoms with Crippen LogP contribution in [0.2, 0.25) is 0 Å². The smallest absolute Gasteiger partial charge is 0.193 e. The third-order valence-corrected chi connectivity index (χ3v) is 6.76. The molecule has 150 valence electrons. The summed E-state index contributed by atoms with van der Waals surface area (Å²) in [5.74, 6) is 1.71. The van der Waals surface area contributed by atoms with Gasteiger partial charge < -0.3 is 10.2 Å². The van der Waals surface area contributed by atoms with Crippen LogP contribution >= 0.6 is 46.7 Å². The number of aliphatic imine (C=N–C) groups is 1. The van der Waals surface area contributed by atoms with Crippen LogP contribution in [0.25, 0.3) is 0 Å². The second-order valence-corrected chi connectivity index (χ2v) is 9.07. The van der Waals surface area contributed by atoms with Crippen molar-refractivity contribution in [1.82, 2.24) is 15.1 Å². The molecule has 3 heterocycles. The minimum absolute atomic E-state index is 0. The van der Waals surface area contributed by atoms with Crippen molar-refractivity contribution in [2.24, 2.45) is 10.9 Å². The van der Waals surface area contributed by atoms with Crippen LogP contribution in [-0.4, -0.2) is 56.0 Å². The van der Waals surface area contributed by atoms with Crippen LogP contribution in [0.3, 0.4) is 0 Å². The highest BCUT2D eigenvalue weighted by atomic mass is 127. The predicted molar refractivity (Wildman–Crippen MR) is 130 cm³/mol. The summed E-state index contributed by atoms with van der Waals surface area (Å²) in [5.41, 5.74) is 0. The zero-order chi connectivity index (χ0) is 18.2. The summed E-state index contributed by atoms with van der Waals surface area (Å²) in [4.78, 5) is 12.2. The van der Waals surface area contributed by atoms with E-state index >= 15 is 0 Å². The van der Waals surface area contributed by atoms with Crippen molar-refractivity contribution in [2.45, 2.75) is 25.8 Å². The molecule has 0 spiro atoms. The quantitative estimate of drug-likeness (QED) is 0.335. The van der Waals surface area contributed by atoms with E-state index in [9.17, 15) is 0 Å². The van der Waals surface area contributed by atoms with Gasteiger partial charge in [-0.05, 0) is 54.6 Å². The van der Waals surface area contributed by atoms with Crippen LogP contribution in [0.5, 0.6) is 0 Å². The van der Waals surface area contributed by atoms with Crippen molar-refractivity contribution >= 4 is 52.6 Å².